The van der Waals surface area contributed by atoms with Crippen molar-refractivity contribution in [3.63, 3.8) is 0 Å². The van der Waals surface area contributed by atoms with Gasteiger partial charge in [0.2, 0.25) is 0 Å². The number of thiophene rings is 1. The molecule has 0 fully saturated rings. The van der Waals surface area contributed by atoms with Crippen molar-refractivity contribution in [2.75, 3.05) is 11.9 Å². The number of anilines is 1. The zero-order valence-corrected chi connectivity index (χ0v) is 14.4. The van der Waals surface area contributed by atoms with Gasteiger partial charge in [-0.05, 0) is 47.0 Å². The average molecular weight is 354 g/mol. The Morgan fingerprint density at radius 2 is 2.00 bits per heavy atom. The predicted molar refractivity (Wildman–Crippen MR) is 90.8 cm³/mol. The Labute approximate surface area is 133 Å². The van der Waals surface area contributed by atoms with E-state index >= 15 is 0 Å². The number of hydrogen-bond donors (Lipinski definition) is 1. The molecule has 0 radical (unpaired) electrons. The van der Waals surface area contributed by atoms with Gasteiger partial charge < -0.3 is 10.1 Å². The number of para-hydroxylation sites is 2. The second-order valence-corrected chi connectivity index (χ2v) is 7.09. The van der Waals surface area contributed by atoms with E-state index in [1.54, 1.807) is 11.3 Å². The molecule has 2 aromatic rings. The van der Waals surface area contributed by atoms with Crippen molar-refractivity contribution in [3.05, 3.63) is 45.1 Å². The summed E-state index contributed by atoms with van der Waals surface area (Å²) in [5.41, 5.74) is 1.05. The SMILES string of the molecule is CC(C)COc1ccccc1NC(C)c1cc(Br)cs1. The first-order chi connectivity index (χ1) is 9.56. The molecule has 1 N–H and O–H groups in total. The largest absolute Gasteiger partial charge is 0.491 e. The predicted octanol–water partition coefficient (Wildman–Crippen LogP) is 5.72. The molecule has 1 unspecified atom stereocenters. The van der Waals surface area contributed by atoms with Crippen LogP contribution in [0.3, 0.4) is 0 Å². The Kier molecular flexibility index (Phi) is 5.49. The molecule has 0 saturated heterocycles. The van der Waals surface area contributed by atoms with Gasteiger partial charge in [0.05, 0.1) is 18.3 Å². The van der Waals surface area contributed by atoms with Gasteiger partial charge in [-0.1, -0.05) is 26.0 Å². The summed E-state index contributed by atoms with van der Waals surface area (Å²) in [7, 11) is 0. The van der Waals surface area contributed by atoms with Crippen LogP contribution in [0.1, 0.15) is 31.7 Å². The lowest BCUT2D eigenvalue weighted by Crippen LogP contribution is -2.09. The third-order valence-electron chi connectivity index (χ3n) is 2.85. The maximum atomic E-state index is 5.87. The van der Waals surface area contributed by atoms with E-state index in [9.17, 15) is 0 Å². The van der Waals surface area contributed by atoms with E-state index in [0.717, 1.165) is 22.5 Å². The molecular formula is C16H20BrNOS. The molecule has 108 valence electrons. The molecule has 1 heterocycles. The third kappa shape index (κ3) is 4.25. The summed E-state index contributed by atoms with van der Waals surface area (Å²) >= 11 is 5.25. The quantitative estimate of drug-likeness (QED) is 0.716. The summed E-state index contributed by atoms with van der Waals surface area (Å²) in [4.78, 5) is 1.30. The first-order valence-electron chi connectivity index (χ1n) is 6.78. The summed E-state index contributed by atoms with van der Waals surface area (Å²) in [6.45, 7) is 7.21. The lowest BCUT2D eigenvalue weighted by atomic mass is 10.2. The van der Waals surface area contributed by atoms with Crippen LogP contribution >= 0.6 is 27.3 Å². The molecule has 4 heteroatoms. The Hall–Kier alpha value is -1.000. The fraction of sp³-hybridized carbons (Fsp3) is 0.375. The van der Waals surface area contributed by atoms with Crippen LogP contribution in [0.4, 0.5) is 5.69 Å². The fourth-order valence-electron chi connectivity index (χ4n) is 1.83. The zero-order valence-electron chi connectivity index (χ0n) is 12.0. The van der Waals surface area contributed by atoms with Crippen molar-refractivity contribution >= 4 is 33.0 Å². The highest BCUT2D eigenvalue weighted by Gasteiger charge is 2.11. The molecule has 0 aliphatic rings. The highest BCUT2D eigenvalue weighted by molar-refractivity contribution is 9.10. The van der Waals surface area contributed by atoms with Crippen molar-refractivity contribution in [1.29, 1.82) is 0 Å². The number of hydrogen-bond acceptors (Lipinski definition) is 3. The third-order valence-corrected chi connectivity index (χ3v) is 4.72. The zero-order chi connectivity index (χ0) is 14.5. The molecule has 0 aliphatic carbocycles. The Bertz CT molecular complexity index is 553. The minimum absolute atomic E-state index is 0.259. The topological polar surface area (TPSA) is 21.3 Å². The van der Waals surface area contributed by atoms with Gasteiger partial charge in [0.25, 0.3) is 0 Å². The van der Waals surface area contributed by atoms with Gasteiger partial charge in [-0.25, -0.2) is 0 Å². The van der Waals surface area contributed by atoms with Crippen LogP contribution in [-0.4, -0.2) is 6.61 Å². The minimum Gasteiger partial charge on any atom is -0.491 e. The highest BCUT2D eigenvalue weighted by Crippen LogP contribution is 2.31. The standard InChI is InChI=1S/C16H20BrNOS/c1-11(2)9-19-15-7-5-4-6-14(15)18-12(3)16-8-13(17)10-20-16/h4-8,10-12,18H,9H2,1-3H3. The van der Waals surface area contributed by atoms with Gasteiger partial charge >= 0.3 is 0 Å². The minimum atomic E-state index is 0.259. The Morgan fingerprint density at radius 3 is 2.65 bits per heavy atom. The maximum Gasteiger partial charge on any atom is 0.142 e. The molecule has 0 bridgehead atoms. The van der Waals surface area contributed by atoms with E-state index in [1.807, 2.05) is 18.2 Å². The van der Waals surface area contributed by atoms with Crippen molar-refractivity contribution < 1.29 is 4.74 Å². The number of halogens is 1. The second kappa shape index (κ2) is 7.14. The molecule has 2 rings (SSSR count). The van der Waals surface area contributed by atoms with Crippen LogP contribution in [0, 0.1) is 5.92 Å². The molecule has 1 atom stereocenters. The molecule has 2 nitrogen and oxygen atoms in total. The average Bonchev–Trinajstić information content (AvgIpc) is 2.84. The summed E-state index contributed by atoms with van der Waals surface area (Å²) < 4.78 is 7.01. The summed E-state index contributed by atoms with van der Waals surface area (Å²) in [6.07, 6.45) is 0. The molecule has 0 spiro atoms. The fourth-order valence-corrected chi connectivity index (χ4v) is 3.28. The second-order valence-electron chi connectivity index (χ2n) is 5.23. The Morgan fingerprint density at radius 1 is 1.25 bits per heavy atom. The van der Waals surface area contributed by atoms with Crippen LogP contribution in [0.2, 0.25) is 0 Å². The number of rotatable bonds is 6. The molecule has 0 amide bonds. The van der Waals surface area contributed by atoms with E-state index in [0.29, 0.717) is 5.92 Å². The van der Waals surface area contributed by atoms with Crippen LogP contribution in [0.5, 0.6) is 5.75 Å². The van der Waals surface area contributed by atoms with Gasteiger partial charge in [-0.2, -0.15) is 0 Å². The van der Waals surface area contributed by atoms with E-state index < -0.39 is 0 Å². The molecule has 20 heavy (non-hydrogen) atoms. The first kappa shape index (κ1) is 15.4. The van der Waals surface area contributed by atoms with Crippen molar-refractivity contribution in [1.82, 2.24) is 0 Å². The van der Waals surface area contributed by atoms with Crippen LogP contribution < -0.4 is 10.1 Å². The van der Waals surface area contributed by atoms with Gasteiger partial charge in [-0.3, -0.25) is 0 Å². The van der Waals surface area contributed by atoms with Crippen molar-refractivity contribution in [2.45, 2.75) is 26.8 Å². The smallest absolute Gasteiger partial charge is 0.142 e. The van der Waals surface area contributed by atoms with Crippen LogP contribution in [-0.2, 0) is 0 Å². The van der Waals surface area contributed by atoms with Crippen LogP contribution in [0.25, 0.3) is 0 Å². The summed E-state index contributed by atoms with van der Waals surface area (Å²) in [5.74, 6) is 1.44. The summed E-state index contributed by atoms with van der Waals surface area (Å²) in [5, 5.41) is 5.63. The molecular weight excluding hydrogens is 334 g/mol. The number of nitrogens with one attached hydrogen (secondary N) is 1. The van der Waals surface area contributed by atoms with Gasteiger partial charge in [0.15, 0.2) is 0 Å². The molecule has 0 aliphatic heterocycles. The molecule has 0 saturated carbocycles. The maximum absolute atomic E-state index is 5.87. The van der Waals surface area contributed by atoms with Crippen molar-refractivity contribution in [3.8, 4) is 5.75 Å². The van der Waals surface area contributed by atoms with Gasteiger partial charge in [0, 0.05) is 14.7 Å². The van der Waals surface area contributed by atoms with Crippen molar-refractivity contribution in [2.24, 2.45) is 5.92 Å². The Balaban J connectivity index is 2.08. The molecule has 1 aromatic carbocycles. The summed E-state index contributed by atoms with van der Waals surface area (Å²) in [6, 6.07) is 10.5. The number of benzene rings is 1. The van der Waals surface area contributed by atoms with E-state index in [4.69, 9.17) is 4.74 Å². The first-order valence-corrected chi connectivity index (χ1v) is 8.46. The van der Waals surface area contributed by atoms with Gasteiger partial charge in [-0.15, -0.1) is 11.3 Å². The monoisotopic (exact) mass is 353 g/mol. The van der Waals surface area contributed by atoms with Gasteiger partial charge in [0.1, 0.15) is 5.75 Å². The normalized spacial score (nSPS) is 12.4. The van der Waals surface area contributed by atoms with E-state index in [1.165, 1.54) is 4.88 Å². The van der Waals surface area contributed by atoms with Crippen LogP contribution in [0.15, 0.2) is 40.2 Å². The molecule has 1 aromatic heterocycles. The lowest BCUT2D eigenvalue weighted by Gasteiger charge is -2.18. The van der Waals surface area contributed by atoms with E-state index in [2.05, 4.69) is 59.5 Å². The highest BCUT2D eigenvalue weighted by atomic mass is 79.9. The van der Waals surface area contributed by atoms with E-state index in [-0.39, 0.29) is 6.04 Å². The number of ether oxygens (including phenoxy) is 1. The lowest BCUT2D eigenvalue weighted by molar-refractivity contribution is 0.272.